The number of H-pyrrole nitrogens is 2. The molecule has 0 spiro atoms. The summed E-state index contributed by atoms with van der Waals surface area (Å²) in [4.78, 5) is 18.9. The average Bonchev–Trinajstić information content (AvgIpc) is 2.99. The highest BCUT2D eigenvalue weighted by Crippen LogP contribution is 2.10. The zero-order valence-electron chi connectivity index (χ0n) is 11.4. The van der Waals surface area contributed by atoms with Crippen LogP contribution in [0.2, 0.25) is 0 Å². The number of fused-ring (bicyclic) bond motifs is 1. The Balaban J connectivity index is 1.48. The van der Waals surface area contributed by atoms with Gasteiger partial charge in [0.1, 0.15) is 0 Å². The van der Waals surface area contributed by atoms with Crippen LogP contribution in [-0.4, -0.2) is 52.3 Å². The third-order valence-corrected chi connectivity index (χ3v) is 3.76. The van der Waals surface area contributed by atoms with Crippen LogP contribution >= 0.6 is 0 Å². The lowest BCUT2D eigenvalue weighted by atomic mass is 10.2. The molecule has 1 aromatic heterocycles. The first-order valence-electron chi connectivity index (χ1n) is 7.03. The Morgan fingerprint density at radius 1 is 1.35 bits per heavy atom. The second-order valence-corrected chi connectivity index (χ2v) is 5.38. The minimum Gasteiger partial charge on any atom is -0.392 e. The Labute approximate surface area is 116 Å². The largest absolute Gasteiger partial charge is 0.392 e. The molecule has 1 aliphatic heterocycles. The smallest absolute Gasteiger partial charge is 0.323 e. The van der Waals surface area contributed by atoms with Gasteiger partial charge in [-0.1, -0.05) is 6.07 Å². The first-order valence-corrected chi connectivity index (χ1v) is 7.03. The summed E-state index contributed by atoms with van der Waals surface area (Å²) in [7, 11) is 0. The number of aromatic nitrogens is 2. The molecule has 0 amide bonds. The van der Waals surface area contributed by atoms with Gasteiger partial charge in [0.2, 0.25) is 0 Å². The van der Waals surface area contributed by atoms with Gasteiger partial charge in [-0.3, -0.25) is 4.90 Å². The van der Waals surface area contributed by atoms with Gasteiger partial charge in [0.05, 0.1) is 17.1 Å². The van der Waals surface area contributed by atoms with Gasteiger partial charge < -0.3 is 20.4 Å². The minimum atomic E-state index is -0.169. The van der Waals surface area contributed by atoms with Crippen LogP contribution in [0.25, 0.3) is 11.0 Å². The number of aliphatic hydroxyl groups is 1. The predicted molar refractivity (Wildman–Crippen MR) is 77.7 cm³/mol. The van der Waals surface area contributed by atoms with Crippen LogP contribution in [0.5, 0.6) is 0 Å². The number of hydrogen-bond acceptors (Lipinski definition) is 4. The molecule has 0 bridgehead atoms. The number of likely N-dealkylation sites (tertiary alicyclic amines) is 1. The summed E-state index contributed by atoms with van der Waals surface area (Å²) in [6, 6.07) is 5.92. The molecule has 20 heavy (non-hydrogen) atoms. The molecule has 0 saturated carbocycles. The van der Waals surface area contributed by atoms with E-state index in [4.69, 9.17) is 0 Å². The molecule has 1 aromatic carbocycles. The van der Waals surface area contributed by atoms with E-state index in [-0.39, 0.29) is 11.8 Å². The first kappa shape index (κ1) is 13.4. The number of rotatable bonds is 5. The Morgan fingerprint density at radius 3 is 3.00 bits per heavy atom. The van der Waals surface area contributed by atoms with Crippen molar-refractivity contribution < 1.29 is 5.11 Å². The average molecular weight is 276 g/mol. The molecule has 1 aliphatic rings. The summed E-state index contributed by atoms with van der Waals surface area (Å²) >= 11 is 0. The molecule has 0 unspecified atom stereocenters. The van der Waals surface area contributed by atoms with E-state index in [1.165, 1.54) is 0 Å². The standard InChI is InChI=1S/C14H20N4O2/c19-11-3-5-18(9-11)6-4-15-8-10-1-2-12-13(7-10)17-14(20)16-12/h1-2,7,11,15,19H,3-6,8-9H2,(H2,16,17,20)/t11-/m1/s1. The van der Waals surface area contributed by atoms with E-state index in [1.54, 1.807) is 0 Å². The van der Waals surface area contributed by atoms with Crippen LogP contribution in [-0.2, 0) is 6.54 Å². The van der Waals surface area contributed by atoms with Gasteiger partial charge in [-0.2, -0.15) is 0 Å². The lowest BCUT2D eigenvalue weighted by Crippen LogP contribution is -2.30. The van der Waals surface area contributed by atoms with E-state index in [0.29, 0.717) is 0 Å². The highest BCUT2D eigenvalue weighted by atomic mass is 16.3. The molecule has 1 atom stereocenters. The van der Waals surface area contributed by atoms with Gasteiger partial charge in [0.25, 0.3) is 0 Å². The lowest BCUT2D eigenvalue weighted by molar-refractivity contribution is 0.176. The van der Waals surface area contributed by atoms with Crippen molar-refractivity contribution in [3.05, 3.63) is 34.2 Å². The molecule has 108 valence electrons. The summed E-state index contributed by atoms with van der Waals surface area (Å²) in [6.07, 6.45) is 0.736. The molecular formula is C14H20N4O2. The zero-order chi connectivity index (χ0) is 13.9. The molecule has 0 radical (unpaired) electrons. The molecule has 0 aliphatic carbocycles. The number of benzene rings is 1. The molecule has 2 heterocycles. The van der Waals surface area contributed by atoms with E-state index < -0.39 is 0 Å². The van der Waals surface area contributed by atoms with Crippen LogP contribution in [0, 0.1) is 0 Å². The Bertz CT molecular complexity index is 633. The Kier molecular flexibility index (Phi) is 3.86. The molecule has 2 aromatic rings. The van der Waals surface area contributed by atoms with Gasteiger partial charge in [0, 0.05) is 32.7 Å². The fourth-order valence-electron chi connectivity index (χ4n) is 2.67. The van der Waals surface area contributed by atoms with E-state index in [1.807, 2.05) is 18.2 Å². The molecule has 6 heteroatoms. The van der Waals surface area contributed by atoms with Crippen molar-refractivity contribution in [3.8, 4) is 0 Å². The van der Waals surface area contributed by atoms with Crippen molar-refractivity contribution in [1.29, 1.82) is 0 Å². The van der Waals surface area contributed by atoms with Crippen molar-refractivity contribution in [1.82, 2.24) is 20.2 Å². The number of nitrogens with zero attached hydrogens (tertiary/aromatic N) is 1. The highest BCUT2D eigenvalue weighted by Gasteiger charge is 2.18. The van der Waals surface area contributed by atoms with E-state index >= 15 is 0 Å². The van der Waals surface area contributed by atoms with Crippen molar-refractivity contribution in [2.75, 3.05) is 26.2 Å². The van der Waals surface area contributed by atoms with Crippen LogP contribution in [0.3, 0.4) is 0 Å². The van der Waals surface area contributed by atoms with Crippen molar-refractivity contribution in [2.24, 2.45) is 0 Å². The van der Waals surface area contributed by atoms with Crippen molar-refractivity contribution >= 4 is 11.0 Å². The van der Waals surface area contributed by atoms with E-state index in [2.05, 4.69) is 20.2 Å². The predicted octanol–water partition coefficient (Wildman–Crippen LogP) is 0.0124. The number of imidazole rings is 1. The quantitative estimate of drug-likeness (QED) is 0.580. The number of β-amino-alcohol motifs (C(OH)–C–C–N with tert-alkyl or cyclic N) is 1. The molecule has 4 N–H and O–H groups in total. The number of aromatic amines is 2. The fraction of sp³-hybridized carbons (Fsp3) is 0.500. The summed E-state index contributed by atoms with van der Waals surface area (Å²) in [5.41, 5.74) is 2.66. The summed E-state index contributed by atoms with van der Waals surface area (Å²) < 4.78 is 0. The van der Waals surface area contributed by atoms with Gasteiger partial charge in [-0.15, -0.1) is 0 Å². The number of hydrogen-bond donors (Lipinski definition) is 4. The highest BCUT2D eigenvalue weighted by molar-refractivity contribution is 5.74. The van der Waals surface area contributed by atoms with Crippen LogP contribution in [0.15, 0.2) is 23.0 Å². The molecular weight excluding hydrogens is 256 g/mol. The third-order valence-electron chi connectivity index (χ3n) is 3.76. The SMILES string of the molecule is O=c1[nH]c2ccc(CNCCN3CC[C@@H](O)C3)cc2[nH]1. The summed E-state index contributed by atoms with van der Waals surface area (Å²) in [5, 5.41) is 12.8. The van der Waals surface area contributed by atoms with Crippen LogP contribution < -0.4 is 11.0 Å². The van der Waals surface area contributed by atoms with Crippen molar-refractivity contribution in [3.63, 3.8) is 0 Å². The Morgan fingerprint density at radius 2 is 2.20 bits per heavy atom. The van der Waals surface area contributed by atoms with Gasteiger partial charge >= 0.3 is 5.69 Å². The maximum absolute atomic E-state index is 11.2. The minimum absolute atomic E-state index is 0.150. The fourth-order valence-corrected chi connectivity index (χ4v) is 2.67. The van der Waals surface area contributed by atoms with Gasteiger partial charge in [-0.05, 0) is 24.1 Å². The second kappa shape index (κ2) is 5.78. The molecule has 1 saturated heterocycles. The maximum atomic E-state index is 11.2. The topological polar surface area (TPSA) is 84.2 Å². The third kappa shape index (κ3) is 3.09. The van der Waals surface area contributed by atoms with E-state index in [9.17, 15) is 9.90 Å². The molecule has 3 rings (SSSR count). The Hall–Kier alpha value is -1.63. The molecule has 6 nitrogen and oxygen atoms in total. The maximum Gasteiger partial charge on any atom is 0.323 e. The van der Waals surface area contributed by atoms with Crippen molar-refractivity contribution in [2.45, 2.75) is 19.1 Å². The zero-order valence-corrected chi connectivity index (χ0v) is 11.4. The van der Waals surface area contributed by atoms with Gasteiger partial charge in [-0.25, -0.2) is 4.79 Å². The van der Waals surface area contributed by atoms with Crippen LogP contribution in [0.4, 0.5) is 0 Å². The second-order valence-electron chi connectivity index (χ2n) is 5.38. The number of aliphatic hydroxyl groups excluding tert-OH is 1. The van der Waals surface area contributed by atoms with E-state index in [0.717, 1.165) is 55.7 Å². The first-order chi connectivity index (χ1) is 9.70. The lowest BCUT2D eigenvalue weighted by Gasteiger charge is -2.15. The van der Waals surface area contributed by atoms with Gasteiger partial charge in [0.15, 0.2) is 0 Å². The number of nitrogens with one attached hydrogen (secondary N) is 3. The van der Waals surface area contributed by atoms with Crippen LogP contribution in [0.1, 0.15) is 12.0 Å². The monoisotopic (exact) mass is 276 g/mol. The summed E-state index contributed by atoms with van der Waals surface area (Å²) in [6.45, 7) is 4.41. The summed E-state index contributed by atoms with van der Waals surface area (Å²) in [5.74, 6) is 0. The molecule has 1 fully saturated rings. The normalized spacial score (nSPS) is 19.9.